The zero-order chi connectivity index (χ0) is 13.2. The van der Waals surface area contributed by atoms with Gasteiger partial charge in [0.05, 0.1) is 6.61 Å². The van der Waals surface area contributed by atoms with Crippen molar-refractivity contribution in [1.82, 2.24) is 0 Å². The monoisotopic (exact) mass is 257 g/mol. The van der Waals surface area contributed by atoms with Gasteiger partial charge >= 0.3 is 0 Å². The first-order chi connectivity index (χ1) is 9.24. The van der Waals surface area contributed by atoms with Crippen molar-refractivity contribution in [2.45, 2.75) is 12.8 Å². The summed E-state index contributed by atoms with van der Waals surface area (Å²) >= 11 is 0. The molecule has 0 aromatic heterocycles. The summed E-state index contributed by atoms with van der Waals surface area (Å²) < 4.78 is 18.9. The summed E-state index contributed by atoms with van der Waals surface area (Å²) in [6.07, 6.45) is 0. The quantitative estimate of drug-likeness (QED) is 0.904. The van der Waals surface area contributed by atoms with Gasteiger partial charge in [-0.15, -0.1) is 0 Å². The SMILES string of the molecule is Cc1ccc(F)cc1NCC1COc2ccccc21. The summed E-state index contributed by atoms with van der Waals surface area (Å²) in [5.41, 5.74) is 3.13. The van der Waals surface area contributed by atoms with E-state index < -0.39 is 0 Å². The maximum Gasteiger partial charge on any atom is 0.125 e. The Hall–Kier alpha value is -2.03. The van der Waals surface area contributed by atoms with Gasteiger partial charge in [0.2, 0.25) is 0 Å². The standard InChI is InChI=1S/C16H16FNO/c1-11-6-7-13(17)8-15(11)18-9-12-10-19-16-5-3-2-4-14(12)16/h2-8,12,18H,9-10H2,1H3. The second kappa shape index (κ2) is 4.92. The molecule has 3 heteroatoms. The third-order valence-corrected chi connectivity index (χ3v) is 3.54. The minimum absolute atomic E-state index is 0.212. The first-order valence-corrected chi connectivity index (χ1v) is 6.46. The molecule has 1 aliphatic heterocycles. The first kappa shape index (κ1) is 12.0. The molecule has 0 amide bonds. The molecule has 0 spiro atoms. The highest BCUT2D eigenvalue weighted by Crippen LogP contribution is 2.33. The van der Waals surface area contributed by atoms with Gasteiger partial charge in [0, 0.05) is 23.7 Å². The number of halogens is 1. The normalized spacial score (nSPS) is 16.8. The fraction of sp³-hybridized carbons (Fsp3) is 0.250. The Labute approximate surface area is 112 Å². The Morgan fingerprint density at radius 1 is 1.26 bits per heavy atom. The predicted octanol–water partition coefficient (Wildman–Crippen LogP) is 3.72. The number of anilines is 1. The molecule has 19 heavy (non-hydrogen) atoms. The van der Waals surface area contributed by atoms with Crippen LogP contribution in [0.15, 0.2) is 42.5 Å². The van der Waals surface area contributed by atoms with E-state index in [2.05, 4.69) is 11.4 Å². The van der Waals surface area contributed by atoms with Gasteiger partial charge in [-0.25, -0.2) is 4.39 Å². The maximum absolute atomic E-state index is 13.2. The molecule has 0 saturated heterocycles. The Kier molecular flexibility index (Phi) is 3.11. The van der Waals surface area contributed by atoms with E-state index in [0.717, 1.165) is 23.5 Å². The van der Waals surface area contributed by atoms with E-state index in [4.69, 9.17) is 4.74 Å². The van der Waals surface area contributed by atoms with Crippen molar-refractivity contribution in [3.8, 4) is 5.75 Å². The third kappa shape index (κ3) is 2.41. The highest BCUT2D eigenvalue weighted by Gasteiger charge is 2.23. The molecule has 1 heterocycles. The molecule has 1 atom stereocenters. The van der Waals surface area contributed by atoms with Crippen LogP contribution in [-0.4, -0.2) is 13.2 Å². The molecule has 1 N–H and O–H groups in total. The average Bonchev–Trinajstić information content (AvgIpc) is 2.83. The smallest absolute Gasteiger partial charge is 0.125 e. The van der Waals surface area contributed by atoms with Crippen molar-refractivity contribution in [3.05, 3.63) is 59.4 Å². The van der Waals surface area contributed by atoms with Crippen molar-refractivity contribution >= 4 is 5.69 Å². The van der Waals surface area contributed by atoms with Crippen LogP contribution in [0.4, 0.5) is 10.1 Å². The summed E-state index contributed by atoms with van der Waals surface area (Å²) in [4.78, 5) is 0. The predicted molar refractivity (Wildman–Crippen MR) is 74.3 cm³/mol. The molecule has 2 aromatic rings. The summed E-state index contributed by atoms with van der Waals surface area (Å²) in [5, 5.41) is 3.32. The summed E-state index contributed by atoms with van der Waals surface area (Å²) in [6.45, 7) is 3.41. The van der Waals surface area contributed by atoms with E-state index in [1.54, 1.807) is 6.07 Å². The number of fused-ring (bicyclic) bond motifs is 1. The highest BCUT2D eigenvalue weighted by molar-refractivity contribution is 5.51. The molecule has 0 bridgehead atoms. The molecule has 2 nitrogen and oxygen atoms in total. The molecule has 0 radical (unpaired) electrons. The largest absolute Gasteiger partial charge is 0.493 e. The number of rotatable bonds is 3. The topological polar surface area (TPSA) is 21.3 Å². The fourth-order valence-electron chi connectivity index (χ4n) is 2.42. The van der Waals surface area contributed by atoms with Crippen LogP contribution in [0.2, 0.25) is 0 Å². The second-order valence-electron chi connectivity index (χ2n) is 4.89. The molecule has 98 valence electrons. The van der Waals surface area contributed by atoms with Gasteiger partial charge in [-0.1, -0.05) is 24.3 Å². The van der Waals surface area contributed by atoms with Gasteiger partial charge in [-0.2, -0.15) is 0 Å². The lowest BCUT2D eigenvalue weighted by Gasteiger charge is -2.13. The van der Waals surface area contributed by atoms with Crippen molar-refractivity contribution < 1.29 is 9.13 Å². The van der Waals surface area contributed by atoms with Crippen molar-refractivity contribution in [2.24, 2.45) is 0 Å². The van der Waals surface area contributed by atoms with Gasteiger partial charge in [-0.3, -0.25) is 0 Å². The van der Waals surface area contributed by atoms with Crippen LogP contribution in [0, 0.1) is 12.7 Å². The molecule has 0 saturated carbocycles. The molecule has 3 rings (SSSR count). The Morgan fingerprint density at radius 2 is 2.11 bits per heavy atom. The second-order valence-corrected chi connectivity index (χ2v) is 4.89. The number of ether oxygens (including phenoxy) is 1. The zero-order valence-electron chi connectivity index (χ0n) is 10.8. The molecular formula is C16H16FNO. The summed E-state index contributed by atoms with van der Waals surface area (Å²) in [5.74, 6) is 1.07. The molecule has 2 aromatic carbocycles. The van der Waals surface area contributed by atoms with E-state index in [0.29, 0.717) is 12.5 Å². The minimum atomic E-state index is -0.212. The maximum atomic E-state index is 13.2. The van der Waals surface area contributed by atoms with Gasteiger partial charge in [0.15, 0.2) is 0 Å². The lowest BCUT2D eigenvalue weighted by molar-refractivity contribution is 0.334. The van der Waals surface area contributed by atoms with Crippen molar-refractivity contribution in [1.29, 1.82) is 0 Å². The zero-order valence-corrected chi connectivity index (χ0v) is 10.8. The van der Waals surface area contributed by atoms with Crippen LogP contribution in [0.5, 0.6) is 5.75 Å². The van der Waals surface area contributed by atoms with E-state index in [1.807, 2.05) is 25.1 Å². The Balaban J connectivity index is 1.72. The van der Waals surface area contributed by atoms with Gasteiger partial charge in [0.1, 0.15) is 11.6 Å². The number of benzene rings is 2. The van der Waals surface area contributed by atoms with E-state index in [9.17, 15) is 4.39 Å². The Morgan fingerprint density at radius 3 is 3.00 bits per heavy atom. The first-order valence-electron chi connectivity index (χ1n) is 6.46. The molecule has 0 aliphatic carbocycles. The highest BCUT2D eigenvalue weighted by atomic mass is 19.1. The van der Waals surface area contributed by atoms with Gasteiger partial charge < -0.3 is 10.1 Å². The lowest BCUT2D eigenvalue weighted by atomic mass is 10.0. The fourth-order valence-corrected chi connectivity index (χ4v) is 2.42. The lowest BCUT2D eigenvalue weighted by Crippen LogP contribution is -2.14. The van der Waals surface area contributed by atoms with Gasteiger partial charge in [-0.05, 0) is 30.7 Å². The molecule has 1 unspecified atom stereocenters. The third-order valence-electron chi connectivity index (χ3n) is 3.54. The minimum Gasteiger partial charge on any atom is -0.493 e. The van der Waals surface area contributed by atoms with Crippen LogP contribution in [0.1, 0.15) is 17.0 Å². The summed E-state index contributed by atoms with van der Waals surface area (Å²) in [7, 11) is 0. The Bertz CT molecular complexity index is 597. The van der Waals surface area contributed by atoms with Crippen LogP contribution in [0.25, 0.3) is 0 Å². The average molecular weight is 257 g/mol. The number of aryl methyl sites for hydroxylation is 1. The van der Waals surface area contributed by atoms with Crippen LogP contribution in [0.3, 0.4) is 0 Å². The molecule has 0 fully saturated rings. The van der Waals surface area contributed by atoms with Crippen molar-refractivity contribution in [3.63, 3.8) is 0 Å². The number of para-hydroxylation sites is 1. The van der Waals surface area contributed by atoms with Crippen LogP contribution >= 0.6 is 0 Å². The van der Waals surface area contributed by atoms with Crippen molar-refractivity contribution in [2.75, 3.05) is 18.5 Å². The number of hydrogen-bond acceptors (Lipinski definition) is 2. The van der Waals surface area contributed by atoms with Crippen LogP contribution < -0.4 is 10.1 Å². The van der Waals surface area contributed by atoms with Gasteiger partial charge in [0.25, 0.3) is 0 Å². The molecular weight excluding hydrogens is 241 g/mol. The van der Waals surface area contributed by atoms with E-state index in [-0.39, 0.29) is 5.82 Å². The van der Waals surface area contributed by atoms with E-state index in [1.165, 1.54) is 17.7 Å². The number of hydrogen-bond donors (Lipinski definition) is 1. The van der Waals surface area contributed by atoms with Crippen LogP contribution in [-0.2, 0) is 0 Å². The molecule has 1 aliphatic rings. The summed E-state index contributed by atoms with van der Waals surface area (Å²) in [6, 6.07) is 12.9. The van der Waals surface area contributed by atoms with E-state index >= 15 is 0 Å². The number of nitrogens with one attached hydrogen (secondary N) is 1.